The van der Waals surface area contributed by atoms with Crippen molar-refractivity contribution in [3.05, 3.63) is 34.5 Å². The van der Waals surface area contributed by atoms with Gasteiger partial charge in [-0.2, -0.15) is 5.10 Å². The molecule has 0 radical (unpaired) electrons. The maximum atomic E-state index is 4.27. The summed E-state index contributed by atoms with van der Waals surface area (Å²) < 4.78 is 2.65. The number of hydrogen-bond acceptors (Lipinski definition) is 3. The molecule has 72 valence electrons. The first-order valence-electron chi connectivity index (χ1n) is 4.17. The van der Waals surface area contributed by atoms with Crippen LogP contribution in [0, 0.1) is 13.8 Å². The Morgan fingerprint density at radius 3 is 2.64 bits per heavy atom. The second-order valence-electron chi connectivity index (χ2n) is 3.03. The molecule has 0 unspecified atom stereocenters. The number of aromatic nitrogens is 4. The molecule has 0 spiro atoms. The van der Waals surface area contributed by atoms with E-state index in [1.165, 1.54) is 0 Å². The second-order valence-corrected chi connectivity index (χ2v) is 3.95. The van der Waals surface area contributed by atoms with Crippen molar-refractivity contribution in [3.8, 4) is 5.82 Å². The van der Waals surface area contributed by atoms with Crippen LogP contribution in [0.15, 0.2) is 23.1 Å². The summed E-state index contributed by atoms with van der Waals surface area (Å²) in [5.74, 6) is 1.56. The van der Waals surface area contributed by atoms with Gasteiger partial charge in [0.2, 0.25) is 0 Å². The van der Waals surface area contributed by atoms with Crippen molar-refractivity contribution in [2.75, 3.05) is 0 Å². The Bertz CT molecular complexity index is 464. The summed E-state index contributed by atoms with van der Waals surface area (Å²) in [4.78, 5) is 8.33. The van der Waals surface area contributed by atoms with Crippen molar-refractivity contribution in [2.24, 2.45) is 0 Å². The quantitative estimate of drug-likeness (QED) is 0.781. The fourth-order valence-electron chi connectivity index (χ4n) is 1.22. The van der Waals surface area contributed by atoms with Crippen LogP contribution in [-0.4, -0.2) is 19.7 Å². The highest BCUT2D eigenvalue weighted by molar-refractivity contribution is 9.10. The van der Waals surface area contributed by atoms with E-state index < -0.39 is 0 Å². The van der Waals surface area contributed by atoms with Gasteiger partial charge in [0, 0.05) is 10.7 Å². The second kappa shape index (κ2) is 3.49. The first kappa shape index (κ1) is 9.33. The highest BCUT2D eigenvalue weighted by Gasteiger charge is 2.04. The lowest BCUT2D eigenvalue weighted by atomic mass is 10.3. The van der Waals surface area contributed by atoms with Crippen LogP contribution in [-0.2, 0) is 0 Å². The number of aryl methyl sites for hydroxylation is 2. The molecule has 0 aliphatic rings. The van der Waals surface area contributed by atoms with E-state index in [0.29, 0.717) is 0 Å². The smallest absolute Gasteiger partial charge is 0.158 e. The number of rotatable bonds is 1. The molecule has 0 amide bonds. The van der Waals surface area contributed by atoms with Crippen molar-refractivity contribution in [2.45, 2.75) is 13.8 Å². The standard InChI is InChI=1S/C9H9BrN4/c1-6-3-8(10)4-11-9(6)14-5-12-7(2)13-14/h3-5H,1-2H3. The van der Waals surface area contributed by atoms with E-state index >= 15 is 0 Å². The zero-order valence-electron chi connectivity index (χ0n) is 7.90. The van der Waals surface area contributed by atoms with Crippen molar-refractivity contribution >= 4 is 15.9 Å². The topological polar surface area (TPSA) is 43.6 Å². The highest BCUT2D eigenvalue weighted by Crippen LogP contribution is 2.15. The molecule has 2 heterocycles. The molecule has 0 aromatic carbocycles. The van der Waals surface area contributed by atoms with E-state index in [0.717, 1.165) is 21.7 Å². The minimum atomic E-state index is 0.745. The molecule has 2 rings (SSSR count). The minimum absolute atomic E-state index is 0.745. The van der Waals surface area contributed by atoms with Crippen molar-refractivity contribution in [1.29, 1.82) is 0 Å². The summed E-state index contributed by atoms with van der Waals surface area (Å²) in [6, 6.07) is 2.00. The molecule has 0 N–H and O–H groups in total. The van der Waals surface area contributed by atoms with Crippen LogP contribution >= 0.6 is 15.9 Å². The van der Waals surface area contributed by atoms with E-state index in [1.54, 1.807) is 17.2 Å². The molecule has 0 atom stereocenters. The van der Waals surface area contributed by atoms with Gasteiger partial charge in [-0.15, -0.1) is 0 Å². The van der Waals surface area contributed by atoms with E-state index in [-0.39, 0.29) is 0 Å². The average molecular weight is 253 g/mol. The van der Waals surface area contributed by atoms with Gasteiger partial charge in [0.05, 0.1) is 0 Å². The van der Waals surface area contributed by atoms with Crippen LogP contribution in [0.1, 0.15) is 11.4 Å². The molecule has 0 fully saturated rings. The van der Waals surface area contributed by atoms with Crippen LogP contribution in [0.2, 0.25) is 0 Å². The molecule has 5 heteroatoms. The van der Waals surface area contributed by atoms with Gasteiger partial charge in [0.25, 0.3) is 0 Å². The molecule has 2 aromatic rings. The average Bonchev–Trinajstić information content (AvgIpc) is 2.51. The number of hydrogen-bond donors (Lipinski definition) is 0. The molecule has 0 aliphatic carbocycles. The lowest BCUT2D eigenvalue weighted by Crippen LogP contribution is -2.00. The molecular weight excluding hydrogens is 244 g/mol. The zero-order valence-corrected chi connectivity index (χ0v) is 9.48. The maximum absolute atomic E-state index is 4.27. The third-order valence-electron chi connectivity index (χ3n) is 1.84. The normalized spacial score (nSPS) is 10.5. The lowest BCUT2D eigenvalue weighted by molar-refractivity contribution is 0.823. The molecule has 14 heavy (non-hydrogen) atoms. The first-order valence-corrected chi connectivity index (χ1v) is 4.97. The Hall–Kier alpha value is -1.23. The van der Waals surface area contributed by atoms with Crippen LogP contribution in [0.5, 0.6) is 0 Å². The predicted molar refractivity (Wildman–Crippen MR) is 56.3 cm³/mol. The molecule has 0 aliphatic heterocycles. The van der Waals surface area contributed by atoms with Crippen molar-refractivity contribution in [1.82, 2.24) is 19.7 Å². The molecule has 4 nitrogen and oxygen atoms in total. The third-order valence-corrected chi connectivity index (χ3v) is 2.27. The molecular formula is C9H9BrN4. The van der Waals surface area contributed by atoms with Crippen LogP contribution < -0.4 is 0 Å². The van der Waals surface area contributed by atoms with E-state index in [1.807, 2.05) is 19.9 Å². The Morgan fingerprint density at radius 2 is 2.07 bits per heavy atom. The summed E-state index contributed by atoms with van der Waals surface area (Å²) in [6.07, 6.45) is 3.41. The van der Waals surface area contributed by atoms with Gasteiger partial charge in [-0.05, 0) is 41.4 Å². The Labute approximate surface area is 90.1 Å². The summed E-state index contributed by atoms with van der Waals surface area (Å²) >= 11 is 3.37. The summed E-state index contributed by atoms with van der Waals surface area (Å²) in [5, 5.41) is 4.20. The highest BCUT2D eigenvalue weighted by atomic mass is 79.9. The van der Waals surface area contributed by atoms with E-state index in [2.05, 4.69) is 31.0 Å². The van der Waals surface area contributed by atoms with Crippen LogP contribution in [0.3, 0.4) is 0 Å². The molecule has 0 bridgehead atoms. The lowest BCUT2D eigenvalue weighted by Gasteiger charge is -2.03. The fraction of sp³-hybridized carbons (Fsp3) is 0.222. The number of halogens is 1. The summed E-state index contributed by atoms with van der Waals surface area (Å²) in [6.45, 7) is 3.84. The van der Waals surface area contributed by atoms with E-state index in [4.69, 9.17) is 0 Å². The summed E-state index contributed by atoms with van der Waals surface area (Å²) in [5.41, 5.74) is 1.06. The number of pyridine rings is 1. The Morgan fingerprint density at radius 1 is 1.29 bits per heavy atom. The number of nitrogens with zero attached hydrogens (tertiary/aromatic N) is 4. The van der Waals surface area contributed by atoms with Gasteiger partial charge in [0.1, 0.15) is 12.2 Å². The third kappa shape index (κ3) is 1.68. The molecule has 2 aromatic heterocycles. The van der Waals surface area contributed by atoms with Gasteiger partial charge < -0.3 is 0 Å². The largest absolute Gasteiger partial charge is 0.236 e. The van der Waals surface area contributed by atoms with Gasteiger partial charge in [-0.25, -0.2) is 14.6 Å². The van der Waals surface area contributed by atoms with Crippen LogP contribution in [0.4, 0.5) is 0 Å². The summed E-state index contributed by atoms with van der Waals surface area (Å²) in [7, 11) is 0. The van der Waals surface area contributed by atoms with Gasteiger partial charge >= 0.3 is 0 Å². The minimum Gasteiger partial charge on any atom is -0.236 e. The van der Waals surface area contributed by atoms with Crippen LogP contribution in [0.25, 0.3) is 5.82 Å². The van der Waals surface area contributed by atoms with Crippen molar-refractivity contribution in [3.63, 3.8) is 0 Å². The fourth-order valence-corrected chi connectivity index (χ4v) is 1.67. The monoisotopic (exact) mass is 252 g/mol. The predicted octanol–water partition coefficient (Wildman–Crippen LogP) is 2.04. The Kier molecular flexibility index (Phi) is 2.33. The SMILES string of the molecule is Cc1ncn(-c2ncc(Br)cc2C)n1. The van der Waals surface area contributed by atoms with Gasteiger partial charge in [-0.1, -0.05) is 0 Å². The molecule has 0 saturated heterocycles. The van der Waals surface area contributed by atoms with E-state index in [9.17, 15) is 0 Å². The zero-order chi connectivity index (χ0) is 10.1. The molecule has 0 saturated carbocycles. The van der Waals surface area contributed by atoms with Gasteiger partial charge in [0.15, 0.2) is 5.82 Å². The Balaban J connectivity index is 2.52. The van der Waals surface area contributed by atoms with Crippen molar-refractivity contribution < 1.29 is 0 Å². The van der Waals surface area contributed by atoms with Gasteiger partial charge in [-0.3, -0.25) is 0 Å². The first-order chi connectivity index (χ1) is 6.66. The maximum Gasteiger partial charge on any atom is 0.158 e.